The van der Waals surface area contributed by atoms with Crippen molar-refractivity contribution in [1.29, 1.82) is 0 Å². The summed E-state index contributed by atoms with van der Waals surface area (Å²) in [5.41, 5.74) is 3.40. The van der Waals surface area contributed by atoms with Crippen molar-refractivity contribution in [2.45, 2.75) is 13.8 Å². The molecular weight excluding hydrogens is 538 g/mol. The second-order valence-corrected chi connectivity index (χ2v) is 9.57. The van der Waals surface area contributed by atoms with E-state index in [2.05, 4.69) is 5.10 Å². The van der Waals surface area contributed by atoms with Gasteiger partial charge in [-0.2, -0.15) is 9.78 Å². The first-order valence-electron chi connectivity index (χ1n) is 13.0. The molecule has 0 amide bonds. The summed E-state index contributed by atoms with van der Waals surface area (Å²) < 4.78 is 20.1. The van der Waals surface area contributed by atoms with Crippen molar-refractivity contribution in [3.05, 3.63) is 110 Å². The van der Waals surface area contributed by atoms with Crippen LogP contribution in [0.2, 0.25) is 0 Å². The van der Waals surface area contributed by atoms with Crippen molar-refractivity contribution in [2.75, 3.05) is 14.2 Å². The monoisotopic (exact) mass is 563 g/mol. The van der Waals surface area contributed by atoms with Crippen LogP contribution in [0.4, 0.5) is 5.69 Å². The molecule has 0 radical (unpaired) electrons. The molecule has 6 rings (SSSR count). The molecule has 210 valence electrons. The third-order valence-electron chi connectivity index (χ3n) is 7.11. The molecule has 0 aliphatic carbocycles. The number of aromatic nitrogens is 3. The second-order valence-electron chi connectivity index (χ2n) is 9.57. The predicted molar refractivity (Wildman–Crippen MR) is 159 cm³/mol. The van der Waals surface area contributed by atoms with E-state index in [9.17, 15) is 14.9 Å². The van der Waals surface area contributed by atoms with Crippen molar-refractivity contribution in [2.24, 2.45) is 5.10 Å². The van der Waals surface area contributed by atoms with Crippen LogP contribution in [-0.4, -0.2) is 39.6 Å². The van der Waals surface area contributed by atoms with Crippen molar-refractivity contribution in [1.82, 2.24) is 14.2 Å². The lowest BCUT2D eigenvalue weighted by Gasteiger charge is -2.13. The average molecular weight is 564 g/mol. The van der Waals surface area contributed by atoms with Crippen molar-refractivity contribution < 1.29 is 18.8 Å². The van der Waals surface area contributed by atoms with Crippen molar-refractivity contribution >= 4 is 33.8 Å². The Balaban J connectivity index is 1.52. The summed E-state index contributed by atoms with van der Waals surface area (Å²) in [6.07, 6.45) is 1.56. The summed E-state index contributed by atoms with van der Waals surface area (Å²) in [5, 5.41) is 17.2. The molecule has 0 saturated carbocycles. The Morgan fingerprint density at radius 2 is 1.74 bits per heavy atom. The molecule has 0 bridgehead atoms. The zero-order valence-electron chi connectivity index (χ0n) is 23.2. The number of non-ortho nitro benzene ring substituents is 1. The number of benzene rings is 3. The maximum atomic E-state index is 13.7. The van der Waals surface area contributed by atoms with Crippen LogP contribution >= 0.6 is 0 Å². The van der Waals surface area contributed by atoms with Crippen LogP contribution in [-0.2, 0) is 0 Å². The molecule has 3 aromatic carbocycles. The van der Waals surface area contributed by atoms with E-state index in [0.29, 0.717) is 45.0 Å². The summed E-state index contributed by atoms with van der Waals surface area (Å²) in [5.74, 6) is 1.68. The fourth-order valence-corrected chi connectivity index (χ4v) is 5.09. The second kappa shape index (κ2) is 10.4. The van der Waals surface area contributed by atoms with Crippen LogP contribution in [0.5, 0.6) is 11.5 Å². The molecule has 11 heteroatoms. The Morgan fingerprint density at radius 1 is 0.952 bits per heavy atom. The standard InChI is InChI=1S/C31H25N5O6/c1-18-14-20(19(2)34(18)25-15-21(36(38)39)12-13-28(25)41-4)17-32-35-30(33-24-9-6-5-8-22(24)31(35)37)29-16-23-26(40-3)10-7-11-27(23)42-29/h5-17H,1-4H3. The van der Waals surface area contributed by atoms with E-state index >= 15 is 0 Å². The van der Waals surface area contributed by atoms with E-state index in [4.69, 9.17) is 18.9 Å². The summed E-state index contributed by atoms with van der Waals surface area (Å²) in [7, 11) is 3.09. The maximum Gasteiger partial charge on any atom is 0.282 e. The largest absolute Gasteiger partial charge is 0.496 e. The minimum atomic E-state index is -0.451. The van der Waals surface area contributed by atoms with Crippen LogP contribution in [0, 0.1) is 24.0 Å². The SMILES string of the molecule is COc1ccc([N+](=O)[O-])cc1-n1c(C)cc(C=Nn2c(-c3cc4c(OC)cccc4o3)nc3ccccc3c2=O)c1C. The normalized spacial score (nSPS) is 11.5. The number of fused-ring (bicyclic) bond motifs is 2. The van der Waals surface area contributed by atoms with E-state index in [1.165, 1.54) is 23.9 Å². The molecule has 42 heavy (non-hydrogen) atoms. The Hall–Kier alpha value is -5.71. The van der Waals surface area contributed by atoms with E-state index < -0.39 is 4.92 Å². The van der Waals surface area contributed by atoms with Gasteiger partial charge in [0.05, 0.1) is 47.3 Å². The van der Waals surface area contributed by atoms with Gasteiger partial charge in [-0.05, 0) is 56.3 Å². The molecular formula is C31H25N5O6. The Labute approximate surface area is 239 Å². The zero-order chi connectivity index (χ0) is 29.5. The number of aryl methyl sites for hydroxylation is 1. The van der Waals surface area contributed by atoms with Gasteiger partial charge in [-0.15, -0.1) is 0 Å². The van der Waals surface area contributed by atoms with Crippen LogP contribution in [0.15, 0.2) is 87.1 Å². The molecule has 3 aromatic heterocycles. The predicted octanol–water partition coefficient (Wildman–Crippen LogP) is 6.02. The van der Waals surface area contributed by atoms with Gasteiger partial charge in [0, 0.05) is 29.1 Å². The molecule has 6 aromatic rings. The molecule has 0 unspecified atom stereocenters. The highest BCUT2D eigenvalue weighted by molar-refractivity contribution is 5.89. The molecule has 0 aliphatic rings. The van der Waals surface area contributed by atoms with Gasteiger partial charge in [0.1, 0.15) is 17.1 Å². The molecule has 3 heterocycles. The molecule has 0 aliphatic heterocycles. The average Bonchev–Trinajstić information content (AvgIpc) is 3.56. The number of nitro benzene ring substituents is 1. The topological polar surface area (TPSA) is 127 Å². The number of hydrogen-bond donors (Lipinski definition) is 0. The quantitative estimate of drug-likeness (QED) is 0.132. The van der Waals surface area contributed by atoms with E-state index in [1.807, 2.05) is 48.7 Å². The van der Waals surface area contributed by atoms with Gasteiger partial charge in [0.15, 0.2) is 5.76 Å². The van der Waals surface area contributed by atoms with Gasteiger partial charge < -0.3 is 18.5 Å². The van der Waals surface area contributed by atoms with Crippen molar-refractivity contribution in [3.8, 4) is 28.8 Å². The molecule has 11 nitrogen and oxygen atoms in total. The van der Waals surface area contributed by atoms with E-state index in [-0.39, 0.29) is 17.1 Å². The summed E-state index contributed by atoms with van der Waals surface area (Å²) >= 11 is 0. The van der Waals surface area contributed by atoms with E-state index in [0.717, 1.165) is 16.8 Å². The van der Waals surface area contributed by atoms with Crippen LogP contribution in [0.1, 0.15) is 17.0 Å². The number of furan rings is 1. The minimum Gasteiger partial charge on any atom is -0.496 e. The van der Waals surface area contributed by atoms with Gasteiger partial charge in [-0.3, -0.25) is 14.9 Å². The summed E-state index contributed by atoms with van der Waals surface area (Å²) in [6, 6.07) is 20.6. The Morgan fingerprint density at radius 3 is 2.50 bits per heavy atom. The van der Waals surface area contributed by atoms with Gasteiger partial charge in [-0.25, -0.2) is 4.98 Å². The fraction of sp³-hybridized carbons (Fsp3) is 0.129. The van der Waals surface area contributed by atoms with Crippen molar-refractivity contribution in [3.63, 3.8) is 0 Å². The first kappa shape index (κ1) is 26.5. The molecule has 0 spiro atoms. The van der Waals surface area contributed by atoms with Gasteiger partial charge >= 0.3 is 0 Å². The first-order valence-corrected chi connectivity index (χ1v) is 13.0. The summed E-state index contributed by atoms with van der Waals surface area (Å²) in [6.45, 7) is 3.74. The van der Waals surface area contributed by atoms with Crippen LogP contribution in [0.3, 0.4) is 0 Å². The zero-order valence-corrected chi connectivity index (χ0v) is 23.2. The van der Waals surface area contributed by atoms with Crippen LogP contribution in [0.25, 0.3) is 39.1 Å². The number of nitrogens with zero attached hydrogens (tertiary/aromatic N) is 5. The number of ether oxygens (including phenoxy) is 2. The molecule has 0 atom stereocenters. The summed E-state index contributed by atoms with van der Waals surface area (Å²) in [4.78, 5) is 29.5. The highest BCUT2D eigenvalue weighted by Gasteiger charge is 2.20. The molecule has 0 saturated heterocycles. The lowest BCUT2D eigenvalue weighted by molar-refractivity contribution is -0.384. The Kier molecular flexibility index (Phi) is 6.54. The molecule has 0 N–H and O–H groups in total. The minimum absolute atomic E-state index is 0.0607. The third kappa shape index (κ3) is 4.37. The number of para-hydroxylation sites is 1. The van der Waals surface area contributed by atoms with Gasteiger partial charge in [0.25, 0.3) is 11.2 Å². The van der Waals surface area contributed by atoms with Gasteiger partial charge in [-0.1, -0.05) is 18.2 Å². The smallest absolute Gasteiger partial charge is 0.282 e. The van der Waals surface area contributed by atoms with E-state index in [1.54, 1.807) is 43.7 Å². The number of nitro groups is 1. The highest BCUT2D eigenvalue weighted by atomic mass is 16.6. The fourth-order valence-electron chi connectivity index (χ4n) is 5.09. The molecule has 0 fully saturated rings. The van der Waals surface area contributed by atoms with Gasteiger partial charge in [0.2, 0.25) is 5.82 Å². The highest BCUT2D eigenvalue weighted by Crippen LogP contribution is 2.34. The number of hydrogen-bond acceptors (Lipinski definition) is 8. The number of methoxy groups -OCH3 is 2. The lowest BCUT2D eigenvalue weighted by atomic mass is 10.2. The third-order valence-corrected chi connectivity index (χ3v) is 7.11. The maximum absolute atomic E-state index is 13.7. The first-order chi connectivity index (χ1) is 20.3. The lowest BCUT2D eigenvalue weighted by Crippen LogP contribution is -2.20. The van der Waals surface area contributed by atoms with Crippen LogP contribution < -0.4 is 15.0 Å². The Bertz CT molecular complexity index is 2100. The number of rotatable bonds is 7.